The summed E-state index contributed by atoms with van der Waals surface area (Å²) in [4.78, 5) is 35.7. The number of aromatic nitrogens is 2. The quantitative estimate of drug-likeness (QED) is 0.519. The predicted molar refractivity (Wildman–Crippen MR) is 110 cm³/mol. The Hall–Kier alpha value is -2.29. The lowest BCUT2D eigenvalue weighted by molar-refractivity contribution is -0.143. The van der Waals surface area contributed by atoms with Crippen LogP contribution in [0.15, 0.2) is 35.4 Å². The standard InChI is InChI=1S/C19H23Cl2N3O5/c1-11(2)5-15(17(25)26)22-16(18(27)28)10-24-4-3-23(19(24)29)9-12-6-13(20)8-14(21)7-12/h3-4,6-8,11,15-16,22H,5,9-10H2,1-2H3,(H,25,26)(H,27,28)/t15-,16?/m0/s1. The number of carbonyl (C=O) groups is 2. The molecule has 10 heteroatoms. The van der Waals surface area contributed by atoms with E-state index < -0.39 is 29.7 Å². The van der Waals surface area contributed by atoms with Crippen LogP contribution in [0.5, 0.6) is 0 Å². The van der Waals surface area contributed by atoms with Crippen LogP contribution in [0.25, 0.3) is 0 Å². The minimum Gasteiger partial charge on any atom is -0.480 e. The van der Waals surface area contributed by atoms with Crippen LogP contribution in [-0.4, -0.2) is 43.4 Å². The van der Waals surface area contributed by atoms with Gasteiger partial charge in [0.05, 0.1) is 13.1 Å². The molecule has 2 rings (SSSR count). The van der Waals surface area contributed by atoms with Gasteiger partial charge in [0.15, 0.2) is 0 Å². The normalized spacial score (nSPS) is 13.4. The summed E-state index contributed by atoms with van der Waals surface area (Å²) in [6.07, 6.45) is 3.26. The lowest BCUT2D eigenvalue weighted by Gasteiger charge is -2.21. The largest absolute Gasteiger partial charge is 0.480 e. The summed E-state index contributed by atoms with van der Waals surface area (Å²) < 4.78 is 2.62. The number of hydrogen-bond donors (Lipinski definition) is 3. The third-order valence-electron chi connectivity index (χ3n) is 4.28. The maximum absolute atomic E-state index is 12.6. The number of carboxylic acid groups (broad SMARTS) is 2. The van der Waals surface area contributed by atoms with Crippen molar-refractivity contribution >= 4 is 35.1 Å². The first-order chi connectivity index (χ1) is 13.6. The monoisotopic (exact) mass is 443 g/mol. The summed E-state index contributed by atoms with van der Waals surface area (Å²) >= 11 is 12.0. The van der Waals surface area contributed by atoms with E-state index in [-0.39, 0.29) is 25.4 Å². The fraction of sp³-hybridized carbons (Fsp3) is 0.421. The highest BCUT2D eigenvalue weighted by Gasteiger charge is 2.27. The zero-order chi connectivity index (χ0) is 21.7. The van der Waals surface area contributed by atoms with Crippen LogP contribution < -0.4 is 11.0 Å². The molecule has 1 aromatic heterocycles. The zero-order valence-electron chi connectivity index (χ0n) is 16.0. The Morgan fingerprint density at radius 3 is 2.07 bits per heavy atom. The first kappa shape index (κ1) is 23.0. The summed E-state index contributed by atoms with van der Waals surface area (Å²) in [5, 5.41) is 22.3. The van der Waals surface area contributed by atoms with E-state index in [0.29, 0.717) is 10.0 Å². The van der Waals surface area contributed by atoms with E-state index in [0.717, 1.165) is 5.56 Å². The molecule has 0 saturated heterocycles. The van der Waals surface area contributed by atoms with Crippen LogP contribution >= 0.6 is 23.2 Å². The maximum atomic E-state index is 12.6. The van der Waals surface area contributed by atoms with Gasteiger partial charge >= 0.3 is 17.6 Å². The molecule has 158 valence electrons. The molecule has 0 aliphatic rings. The highest BCUT2D eigenvalue weighted by atomic mass is 35.5. The van der Waals surface area contributed by atoms with E-state index in [2.05, 4.69) is 5.32 Å². The number of imidazole rings is 1. The van der Waals surface area contributed by atoms with Crippen molar-refractivity contribution in [1.29, 1.82) is 0 Å². The summed E-state index contributed by atoms with van der Waals surface area (Å²) in [6.45, 7) is 3.70. The van der Waals surface area contributed by atoms with Crippen molar-refractivity contribution in [3.8, 4) is 0 Å². The first-order valence-electron chi connectivity index (χ1n) is 8.99. The average molecular weight is 444 g/mol. The Morgan fingerprint density at radius 1 is 1.00 bits per heavy atom. The van der Waals surface area contributed by atoms with Crippen molar-refractivity contribution in [3.63, 3.8) is 0 Å². The minimum atomic E-state index is -1.23. The molecule has 0 radical (unpaired) electrons. The van der Waals surface area contributed by atoms with E-state index in [4.69, 9.17) is 23.2 Å². The lowest BCUT2D eigenvalue weighted by Crippen LogP contribution is -2.50. The van der Waals surface area contributed by atoms with E-state index in [1.807, 2.05) is 13.8 Å². The van der Waals surface area contributed by atoms with Crippen molar-refractivity contribution < 1.29 is 19.8 Å². The second-order valence-corrected chi connectivity index (χ2v) is 8.09. The molecule has 0 aliphatic heterocycles. The Bertz CT molecular complexity index is 918. The molecule has 0 bridgehead atoms. The van der Waals surface area contributed by atoms with Crippen LogP contribution in [0, 0.1) is 5.92 Å². The van der Waals surface area contributed by atoms with Gasteiger partial charge in [0.2, 0.25) is 0 Å². The number of halogens is 2. The van der Waals surface area contributed by atoms with Crippen molar-refractivity contribution in [3.05, 3.63) is 56.7 Å². The zero-order valence-corrected chi connectivity index (χ0v) is 17.5. The number of benzene rings is 1. The van der Waals surface area contributed by atoms with Crippen LogP contribution in [0.3, 0.4) is 0 Å². The maximum Gasteiger partial charge on any atom is 0.328 e. The third kappa shape index (κ3) is 6.62. The molecule has 8 nitrogen and oxygen atoms in total. The predicted octanol–water partition coefficient (Wildman–Crippen LogP) is 2.55. The molecule has 1 unspecified atom stereocenters. The average Bonchev–Trinajstić information content (AvgIpc) is 2.92. The van der Waals surface area contributed by atoms with Crippen LogP contribution in [0.2, 0.25) is 10.0 Å². The molecule has 0 aliphatic carbocycles. The molecule has 0 saturated carbocycles. The topological polar surface area (TPSA) is 114 Å². The van der Waals surface area contributed by atoms with Crippen molar-refractivity contribution in [1.82, 2.24) is 14.5 Å². The first-order valence-corrected chi connectivity index (χ1v) is 9.74. The van der Waals surface area contributed by atoms with Crippen molar-refractivity contribution in [2.75, 3.05) is 0 Å². The van der Waals surface area contributed by atoms with Gasteiger partial charge in [-0.05, 0) is 36.1 Å². The minimum absolute atomic E-state index is 0.0615. The SMILES string of the molecule is CC(C)C[C@H](NC(Cn1ccn(Cc2cc(Cl)cc(Cl)c2)c1=O)C(=O)O)C(=O)O. The smallest absolute Gasteiger partial charge is 0.328 e. The second-order valence-electron chi connectivity index (χ2n) is 7.22. The number of nitrogens with one attached hydrogen (secondary N) is 1. The molecule has 1 aromatic carbocycles. The van der Waals surface area contributed by atoms with Gasteiger partial charge in [-0.3, -0.25) is 24.0 Å². The fourth-order valence-corrected chi connectivity index (χ4v) is 3.54. The van der Waals surface area contributed by atoms with E-state index in [1.165, 1.54) is 21.5 Å². The number of aliphatic carboxylic acids is 2. The summed E-state index contributed by atoms with van der Waals surface area (Å²) in [5.74, 6) is -2.31. The molecule has 1 heterocycles. The van der Waals surface area contributed by atoms with Gasteiger partial charge in [-0.25, -0.2) is 4.79 Å². The van der Waals surface area contributed by atoms with Crippen LogP contribution in [-0.2, 0) is 22.7 Å². The van der Waals surface area contributed by atoms with Gasteiger partial charge < -0.3 is 10.2 Å². The van der Waals surface area contributed by atoms with Crippen LogP contribution in [0.4, 0.5) is 0 Å². The Balaban J connectivity index is 2.17. The second kappa shape index (κ2) is 9.96. The molecule has 0 fully saturated rings. The molecule has 2 atom stereocenters. The van der Waals surface area contributed by atoms with E-state index >= 15 is 0 Å². The van der Waals surface area contributed by atoms with Crippen molar-refractivity contribution in [2.24, 2.45) is 5.92 Å². The number of nitrogens with zero attached hydrogens (tertiary/aromatic N) is 2. The summed E-state index contributed by atoms with van der Waals surface area (Å²) in [7, 11) is 0. The Labute approximate surface area is 177 Å². The molecule has 0 amide bonds. The van der Waals surface area contributed by atoms with Gasteiger partial charge in [0, 0.05) is 22.4 Å². The van der Waals surface area contributed by atoms with Crippen molar-refractivity contribution in [2.45, 2.75) is 45.4 Å². The molecule has 0 spiro atoms. The molecular formula is C19H23Cl2N3O5. The number of hydrogen-bond acceptors (Lipinski definition) is 4. The third-order valence-corrected chi connectivity index (χ3v) is 4.71. The van der Waals surface area contributed by atoms with Gasteiger partial charge in [-0.2, -0.15) is 0 Å². The lowest BCUT2D eigenvalue weighted by atomic mass is 10.0. The molecule has 2 aromatic rings. The van der Waals surface area contributed by atoms with E-state index in [1.54, 1.807) is 18.2 Å². The Morgan fingerprint density at radius 2 is 1.55 bits per heavy atom. The number of rotatable bonds is 10. The van der Waals surface area contributed by atoms with E-state index in [9.17, 15) is 24.6 Å². The van der Waals surface area contributed by atoms with Crippen LogP contribution in [0.1, 0.15) is 25.8 Å². The highest BCUT2D eigenvalue weighted by molar-refractivity contribution is 6.34. The highest BCUT2D eigenvalue weighted by Crippen LogP contribution is 2.19. The molecule has 29 heavy (non-hydrogen) atoms. The molecule has 3 N–H and O–H groups in total. The van der Waals surface area contributed by atoms with Gasteiger partial charge in [-0.15, -0.1) is 0 Å². The summed E-state index contributed by atoms with van der Waals surface area (Å²) in [6, 6.07) is 2.69. The van der Waals surface area contributed by atoms with Gasteiger partial charge in [0.1, 0.15) is 12.1 Å². The molecular weight excluding hydrogens is 421 g/mol. The Kier molecular flexibility index (Phi) is 7.89. The summed E-state index contributed by atoms with van der Waals surface area (Å²) in [5.41, 5.74) is 0.294. The fourth-order valence-electron chi connectivity index (χ4n) is 2.96. The number of carboxylic acids is 2. The van der Waals surface area contributed by atoms with Gasteiger partial charge in [0.25, 0.3) is 0 Å². The van der Waals surface area contributed by atoms with Gasteiger partial charge in [-0.1, -0.05) is 37.0 Å².